The third-order valence-electron chi connectivity index (χ3n) is 2.74. The van der Waals surface area contributed by atoms with Gasteiger partial charge < -0.3 is 15.6 Å². The molecule has 0 saturated carbocycles. The van der Waals surface area contributed by atoms with E-state index in [1.54, 1.807) is 0 Å². The summed E-state index contributed by atoms with van der Waals surface area (Å²) >= 11 is 0. The minimum absolute atomic E-state index is 0.101. The lowest BCUT2D eigenvalue weighted by atomic mass is 10.1. The Morgan fingerprint density at radius 2 is 1.89 bits per heavy atom. The molecule has 0 saturated heterocycles. The quantitative estimate of drug-likeness (QED) is 0.812. The van der Waals surface area contributed by atoms with Crippen molar-refractivity contribution in [1.82, 2.24) is 0 Å². The van der Waals surface area contributed by atoms with Gasteiger partial charge in [0, 0.05) is 6.61 Å². The monoisotopic (exact) mass is 243 g/mol. The van der Waals surface area contributed by atoms with Crippen LogP contribution in [0.5, 0.6) is 11.5 Å². The number of anilines is 1. The zero-order valence-corrected chi connectivity index (χ0v) is 10.4. The van der Waals surface area contributed by atoms with E-state index in [0.717, 1.165) is 16.9 Å². The van der Waals surface area contributed by atoms with Crippen LogP contribution < -0.4 is 10.5 Å². The Morgan fingerprint density at radius 3 is 2.61 bits per heavy atom. The molecular weight excluding hydrogens is 226 g/mol. The Labute approximate surface area is 107 Å². The molecule has 0 aromatic heterocycles. The second-order valence-electron chi connectivity index (χ2n) is 4.22. The first-order valence-corrected chi connectivity index (χ1v) is 5.93. The number of aliphatic hydroxyl groups is 1. The molecule has 2 aromatic rings. The molecule has 0 aliphatic heterocycles. The van der Waals surface area contributed by atoms with Crippen LogP contribution in [0.2, 0.25) is 0 Å². The van der Waals surface area contributed by atoms with Crippen molar-refractivity contribution in [2.45, 2.75) is 13.3 Å². The fourth-order valence-electron chi connectivity index (χ4n) is 1.81. The van der Waals surface area contributed by atoms with Gasteiger partial charge in [0.15, 0.2) is 0 Å². The maximum Gasteiger partial charge on any atom is 0.150 e. The Balaban J connectivity index is 2.28. The lowest BCUT2D eigenvalue weighted by Crippen LogP contribution is -1.97. The van der Waals surface area contributed by atoms with E-state index in [4.69, 9.17) is 15.6 Å². The molecule has 0 radical (unpaired) electrons. The second kappa shape index (κ2) is 5.56. The van der Waals surface area contributed by atoms with Crippen LogP contribution in [0.25, 0.3) is 0 Å². The predicted octanol–water partition coefficient (Wildman–Crippen LogP) is 2.90. The lowest BCUT2D eigenvalue weighted by molar-refractivity contribution is 0.298. The van der Waals surface area contributed by atoms with Crippen molar-refractivity contribution in [2.75, 3.05) is 12.3 Å². The standard InChI is InChI=1S/C15H17NO2/c1-11-6-7-15(13(16)10-11)18-14-5-3-2-4-12(14)8-9-17/h2-7,10,17H,8-9,16H2,1H3. The van der Waals surface area contributed by atoms with Crippen LogP contribution in [0.15, 0.2) is 42.5 Å². The van der Waals surface area contributed by atoms with Crippen LogP contribution in [-0.4, -0.2) is 11.7 Å². The summed E-state index contributed by atoms with van der Waals surface area (Å²) in [6, 6.07) is 13.3. The van der Waals surface area contributed by atoms with Crippen molar-refractivity contribution < 1.29 is 9.84 Å². The molecule has 0 amide bonds. The molecule has 0 aliphatic rings. The number of aliphatic hydroxyl groups excluding tert-OH is 1. The molecule has 2 rings (SSSR count). The predicted molar refractivity (Wildman–Crippen MR) is 72.9 cm³/mol. The first-order valence-electron chi connectivity index (χ1n) is 5.93. The summed E-state index contributed by atoms with van der Waals surface area (Å²) in [6.07, 6.45) is 0.571. The largest absolute Gasteiger partial charge is 0.455 e. The molecule has 0 bridgehead atoms. The van der Waals surface area contributed by atoms with Crippen LogP contribution in [-0.2, 0) is 6.42 Å². The van der Waals surface area contributed by atoms with Crippen LogP contribution in [0.3, 0.4) is 0 Å². The number of hydrogen-bond donors (Lipinski definition) is 2. The molecule has 3 nitrogen and oxygen atoms in total. The molecule has 0 fully saturated rings. The van der Waals surface area contributed by atoms with Gasteiger partial charge in [-0.1, -0.05) is 24.3 Å². The number of para-hydroxylation sites is 1. The van der Waals surface area contributed by atoms with Gasteiger partial charge in [-0.3, -0.25) is 0 Å². The summed E-state index contributed by atoms with van der Waals surface area (Å²) < 4.78 is 5.81. The minimum atomic E-state index is 0.101. The third-order valence-corrected chi connectivity index (χ3v) is 2.74. The van der Waals surface area contributed by atoms with Crippen molar-refractivity contribution in [1.29, 1.82) is 0 Å². The van der Waals surface area contributed by atoms with Crippen molar-refractivity contribution in [2.24, 2.45) is 0 Å². The van der Waals surface area contributed by atoms with E-state index < -0.39 is 0 Å². The summed E-state index contributed by atoms with van der Waals surface area (Å²) in [6.45, 7) is 2.09. The number of ether oxygens (including phenoxy) is 1. The Kier molecular flexibility index (Phi) is 3.85. The second-order valence-corrected chi connectivity index (χ2v) is 4.22. The normalized spacial score (nSPS) is 10.3. The molecule has 0 spiro atoms. The highest BCUT2D eigenvalue weighted by molar-refractivity contribution is 5.56. The van der Waals surface area contributed by atoms with Gasteiger partial charge in [0.1, 0.15) is 11.5 Å². The Hall–Kier alpha value is -2.00. The molecule has 0 aliphatic carbocycles. The highest BCUT2D eigenvalue weighted by atomic mass is 16.5. The Morgan fingerprint density at radius 1 is 1.11 bits per heavy atom. The molecule has 0 heterocycles. The number of hydrogen-bond acceptors (Lipinski definition) is 3. The van der Waals surface area contributed by atoms with Gasteiger partial charge in [0.25, 0.3) is 0 Å². The van der Waals surface area contributed by atoms with E-state index in [1.165, 1.54) is 0 Å². The first kappa shape index (κ1) is 12.5. The molecular formula is C15H17NO2. The van der Waals surface area contributed by atoms with Crippen molar-refractivity contribution >= 4 is 5.69 Å². The third kappa shape index (κ3) is 2.81. The van der Waals surface area contributed by atoms with E-state index in [1.807, 2.05) is 49.4 Å². The minimum Gasteiger partial charge on any atom is -0.455 e. The van der Waals surface area contributed by atoms with Gasteiger partial charge in [-0.25, -0.2) is 0 Å². The molecule has 0 atom stereocenters. The van der Waals surface area contributed by atoms with E-state index in [2.05, 4.69) is 0 Å². The van der Waals surface area contributed by atoms with Crippen LogP contribution in [0.1, 0.15) is 11.1 Å². The highest BCUT2D eigenvalue weighted by Gasteiger charge is 2.06. The molecule has 3 N–H and O–H groups in total. The van der Waals surface area contributed by atoms with Crippen molar-refractivity contribution in [3.63, 3.8) is 0 Å². The average Bonchev–Trinajstić information content (AvgIpc) is 2.35. The fourth-order valence-corrected chi connectivity index (χ4v) is 1.81. The van der Waals surface area contributed by atoms with Crippen molar-refractivity contribution in [3.8, 4) is 11.5 Å². The average molecular weight is 243 g/mol. The number of nitrogens with two attached hydrogens (primary N) is 1. The molecule has 3 heteroatoms. The van der Waals surface area contributed by atoms with Crippen LogP contribution in [0.4, 0.5) is 5.69 Å². The summed E-state index contributed by atoms with van der Waals surface area (Å²) in [5, 5.41) is 9.02. The Bertz CT molecular complexity index is 538. The van der Waals surface area contributed by atoms with E-state index >= 15 is 0 Å². The van der Waals surface area contributed by atoms with Crippen LogP contribution in [0, 0.1) is 6.92 Å². The van der Waals surface area contributed by atoms with Gasteiger partial charge in [0.2, 0.25) is 0 Å². The van der Waals surface area contributed by atoms with Crippen molar-refractivity contribution in [3.05, 3.63) is 53.6 Å². The SMILES string of the molecule is Cc1ccc(Oc2ccccc2CCO)c(N)c1. The maximum absolute atomic E-state index is 9.02. The number of nitrogen functional groups attached to an aromatic ring is 1. The first-order chi connectivity index (χ1) is 8.70. The topological polar surface area (TPSA) is 55.5 Å². The smallest absolute Gasteiger partial charge is 0.150 e. The number of aryl methyl sites for hydroxylation is 1. The summed E-state index contributed by atoms with van der Waals surface area (Å²) in [7, 11) is 0. The van der Waals surface area contributed by atoms with E-state index in [9.17, 15) is 0 Å². The highest BCUT2D eigenvalue weighted by Crippen LogP contribution is 2.30. The van der Waals surface area contributed by atoms with Gasteiger partial charge >= 0.3 is 0 Å². The number of benzene rings is 2. The van der Waals surface area contributed by atoms with E-state index in [0.29, 0.717) is 17.9 Å². The molecule has 2 aromatic carbocycles. The summed E-state index contributed by atoms with van der Waals surface area (Å²) in [4.78, 5) is 0. The van der Waals surface area contributed by atoms with Gasteiger partial charge in [0.05, 0.1) is 5.69 Å². The molecule has 0 unspecified atom stereocenters. The lowest BCUT2D eigenvalue weighted by Gasteiger charge is -2.12. The van der Waals surface area contributed by atoms with E-state index in [-0.39, 0.29) is 6.61 Å². The maximum atomic E-state index is 9.02. The van der Waals surface area contributed by atoms with Gasteiger partial charge in [-0.15, -0.1) is 0 Å². The summed E-state index contributed by atoms with van der Waals surface area (Å²) in [5.74, 6) is 1.38. The van der Waals surface area contributed by atoms with Gasteiger partial charge in [-0.2, -0.15) is 0 Å². The summed E-state index contributed by atoms with van der Waals surface area (Å²) in [5.41, 5.74) is 8.61. The zero-order chi connectivity index (χ0) is 13.0. The van der Waals surface area contributed by atoms with Gasteiger partial charge in [-0.05, 0) is 42.7 Å². The molecule has 94 valence electrons. The van der Waals surface area contributed by atoms with Crippen LogP contribution >= 0.6 is 0 Å². The zero-order valence-electron chi connectivity index (χ0n) is 10.4. The molecule has 18 heavy (non-hydrogen) atoms. The number of rotatable bonds is 4. The fraction of sp³-hybridized carbons (Fsp3) is 0.200.